The van der Waals surface area contributed by atoms with Gasteiger partial charge in [-0.1, -0.05) is 20.3 Å². The summed E-state index contributed by atoms with van der Waals surface area (Å²) in [6.45, 7) is 5.88. The number of carbonyl (C=O) groups excluding carboxylic acids is 1. The van der Waals surface area contributed by atoms with Gasteiger partial charge in [-0.3, -0.25) is 4.79 Å². The van der Waals surface area contributed by atoms with Gasteiger partial charge in [0.2, 0.25) is 0 Å². The number of hydrogen-bond donors (Lipinski definition) is 1. The predicted molar refractivity (Wildman–Crippen MR) is 78.2 cm³/mol. The second kappa shape index (κ2) is 5.67. The third kappa shape index (κ3) is 3.03. The minimum atomic E-state index is -0.663. The van der Waals surface area contributed by atoms with E-state index in [2.05, 4.69) is 22.9 Å². The maximum Gasteiger partial charge on any atom is 0.270 e. The number of aryl methyl sites for hydroxylation is 1. The SMILES string of the molecule is CCCn1cc(Br)cc1C(=O)N1CC(O)(CCC)C1. The number of rotatable bonds is 5. The van der Waals surface area contributed by atoms with Crippen molar-refractivity contribution in [3.05, 3.63) is 22.4 Å². The van der Waals surface area contributed by atoms with E-state index in [-0.39, 0.29) is 5.91 Å². The lowest BCUT2D eigenvalue weighted by molar-refractivity contribution is -0.0863. The number of halogens is 1. The van der Waals surface area contributed by atoms with Gasteiger partial charge >= 0.3 is 0 Å². The molecule has 1 fully saturated rings. The van der Waals surface area contributed by atoms with E-state index in [4.69, 9.17) is 0 Å². The van der Waals surface area contributed by atoms with Gasteiger partial charge in [-0.2, -0.15) is 0 Å². The molecule has 2 rings (SSSR count). The van der Waals surface area contributed by atoms with Crippen molar-refractivity contribution >= 4 is 21.8 Å². The summed E-state index contributed by atoms with van der Waals surface area (Å²) in [5, 5.41) is 10.1. The summed E-state index contributed by atoms with van der Waals surface area (Å²) in [4.78, 5) is 14.1. The van der Waals surface area contributed by atoms with Gasteiger partial charge in [0.25, 0.3) is 5.91 Å². The van der Waals surface area contributed by atoms with Crippen LogP contribution in [0.5, 0.6) is 0 Å². The number of amides is 1. The molecular weight excluding hydrogens is 308 g/mol. The minimum Gasteiger partial charge on any atom is -0.386 e. The maximum atomic E-state index is 12.4. The van der Waals surface area contributed by atoms with E-state index in [1.165, 1.54) is 0 Å². The van der Waals surface area contributed by atoms with Crippen LogP contribution in [0.2, 0.25) is 0 Å². The van der Waals surface area contributed by atoms with Gasteiger partial charge in [-0.25, -0.2) is 0 Å². The Hall–Kier alpha value is -0.810. The fraction of sp³-hybridized carbons (Fsp3) is 0.643. The quantitative estimate of drug-likeness (QED) is 0.903. The molecule has 1 aliphatic heterocycles. The number of aliphatic hydroxyl groups is 1. The largest absolute Gasteiger partial charge is 0.386 e. The predicted octanol–water partition coefficient (Wildman–Crippen LogP) is 2.65. The van der Waals surface area contributed by atoms with Crippen LogP contribution in [0.15, 0.2) is 16.7 Å². The zero-order chi connectivity index (χ0) is 14.0. The fourth-order valence-electron chi connectivity index (χ4n) is 2.67. The Bertz CT molecular complexity index is 464. The summed E-state index contributed by atoms with van der Waals surface area (Å²) in [5.41, 5.74) is 0.0383. The molecule has 1 aromatic rings. The zero-order valence-corrected chi connectivity index (χ0v) is 13.1. The zero-order valence-electron chi connectivity index (χ0n) is 11.5. The summed E-state index contributed by atoms with van der Waals surface area (Å²) in [6, 6.07) is 1.86. The fourth-order valence-corrected chi connectivity index (χ4v) is 3.14. The topological polar surface area (TPSA) is 45.5 Å². The highest BCUT2D eigenvalue weighted by atomic mass is 79.9. The molecule has 0 saturated carbocycles. The first kappa shape index (κ1) is 14.6. The molecule has 0 bridgehead atoms. The van der Waals surface area contributed by atoms with Crippen molar-refractivity contribution in [2.75, 3.05) is 13.1 Å². The molecule has 5 heteroatoms. The van der Waals surface area contributed by atoms with Crippen LogP contribution in [-0.2, 0) is 6.54 Å². The molecule has 1 amide bonds. The van der Waals surface area contributed by atoms with E-state index >= 15 is 0 Å². The lowest BCUT2D eigenvalue weighted by Gasteiger charge is -2.46. The van der Waals surface area contributed by atoms with Crippen molar-refractivity contribution in [2.24, 2.45) is 0 Å². The molecular formula is C14H21BrN2O2. The number of carbonyl (C=O) groups is 1. The van der Waals surface area contributed by atoms with E-state index in [0.717, 1.165) is 30.3 Å². The van der Waals surface area contributed by atoms with Gasteiger partial charge in [0.15, 0.2) is 0 Å². The third-order valence-electron chi connectivity index (χ3n) is 3.52. The molecule has 0 unspecified atom stereocenters. The molecule has 1 aromatic heterocycles. The first-order valence-corrected chi connectivity index (χ1v) is 7.65. The monoisotopic (exact) mass is 328 g/mol. The molecule has 106 valence electrons. The maximum absolute atomic E-state index is 12.4. The summed E-state index contributed by atoms with van der Waals surface area (Å²) < 4.78 is 2.90. The highest BCUT2D eigenvalue weighted by Crippen LogP contribution is 2.28. The first-order chi connectivity index (χ1) is 8.99. The highest BCUT2D eigenvalue weighted by molar-refractivity contribution is 9.10. The van der Waals surface area contributed by atoms with Crippen molar-refractivity contribution in [1.82, 2.24) is 9.47 Å². The molecule has 1 saturated heterocycles. The van der Waals surface area contributed by atoms with Crippen molar-refractivity contribution in [2.45, 2.75) is 45.3 Å². The number of β-amino-alcohol motifs (C(OH)–C–C–N with tert-alkyl or cyclic N) is 1. The van der Waals surface area contributed by atoms with Crippen LogP contribution in [-0.4, -0.2) is 39.2 Å². The molecule has 1 N–H and O–H groups in total. The van der Waals surface area contributed by atoms with Crippen molar-refractivity contribution in [3.8, 4) is 0 Å². The minimum absolute atomic E-state index is 0.0138. The van der Waals surface area contributed by atoms with Gasteiger partial charge in [0, 0.05) is 17.2 Å². The molecule has 4 nitrogen and oxygen atoms in total. The van der Waals surface area contributed by atoms with E-state index < -0.39 is 5.60 Å². The molecule has 0 aliphatic carbocycles. The molecule has 2 heterocycles. The molecule has 0 aromatic carbocycles. The van der Waals surface area contributed by atoms with Crippen LogP contribution in [0.3, 0.4) is 0 Å². The van der Waals surface area contributed by atoms with Crippen LogP contribution >= 0.6 is 15.9 Å². The molecule has 0 atom stereocenters. The van der Waals surface area contributed by atoms with Gasteiger partial charge in [0.1, 0.15) is 5.69 Å². The molecule has 0 radical (unpaired) electrons. The van der Waals surface area contributed by atoms with Gasteiger partial charge in [-0.05, 0) is 34.8 Å². The number of aromatic nitrogens is 1. The van der Waals surface area contributed by atoms with E-state index in [1.54, 1.807) is 4.90 Å². The summed E-state index contributed by atoms with van der Waals surface area (Å²) in [6.07, 6.45) is 4.63. The normalized spacial score (nSPS) is 17.4. The van der Waals surface area contributed by atoms with Crippen LogP contribution < -0.4 is 0 Å². The second-order valence-corrected chi connectivity index (χ2v) is 6.29. The van der Waals surface area contributed by atoms with Crippen LogP contribution in [0, 0.1) is 0 Å². The third-order valence-corrected chi connectivity index (χ3v) is 3.95. The lowest BCUT2D eigenvalue weighted by atomic mass is 9.89. The standard InChI is InChI=1S/C14H21BrN2O2/c1-3-5-14(19)9-17(10-14)13(18)12-7-11(15)8-16(12)6-4-2/h7-8,19H,3-6,9-10H2,1-2H3. The Kier molecular flexibility index (Phi) is 4.36. The highest BCUT2D eigenvalue weighted by Gasteiger charge is 2.43. The molecule has 0 spiro atoms. The number of nitrogens with zero attached hydrogens (tertiary/aromatic N) is 2. The van der Waals surface area contributed by atoms with Gasteiger partial charge < -0.3 is 14.6 Å². The molecule has 19 heavy (non-hydrogen) atoms. The van der Waals surface area contributed by atoms with E-state index in [0.29, 0.717) is 18.8 Å². The van der Waals surface area contributed by atoms with Gasteiger partial charge in [0.05, 0.1) is 18.7 Å². The van der Waals surface area contributed by atoms with Crippen molar-refractivity contribution < 1.29 is 9.90 Å². The first-order valence-electron chi connectivity index (χ1n) is 6.86. The number of hydrogen-bond acceptors (Lipinski definition) is 2. The average Bonchev–Trinajstić information content (AvgIpc) is 2.67. The van der Waals surface area contributed by atoms with Crippen LogP contribution in [0.25, 0.3) is 0 Å². The van der Waals surface area contributed by atoms with E-state index in [9.17, 15) is 9.90 Å². The lowest BCUT2D eigenvalue weighted by Crippen LogP contribution is -2.63. The molecule has 1 aliphatic rings. The Balaban J connectivity index is 2.05. The van der Waals surface area contributed by atoms with Crippen LogP contribution in [0.1, 0.15) is 43.6 Å². The average molecular weight is 329 g/mol. The second-order valence-electron chi connectivity index (χ2n) is 5.37. The van der Waals surface area contributed by atoms with E-state index in [1.807, 2.05) is 23.8 Å². The smallest absolute Gasteiger partial charge is 0.270 e. The van der Waals surface area contributed by atoms with Crippen LogP contribution in [0.4, 0.5) is 0 Å². The Morgan fingerprint density at radius 1 is 1.42 bits per heavy atom. The Morgan fingerprint density at radius 3 is 2.68 bits per heavy atom. The van der Waals surface area contributed by atoms with Crippen molar-refractivity contribution in [3.63, 3.8) is 0 Å². The summed E-state index contributed by atoms with van der Waals surface area (Å²) in [5.74, 6) is 0.0138. The number of likely N-dealkylation sites (tertiary alicyclic amines) is 1. The summed E-state index contributed by atoms with van der Waals surface area (Å²) >= 11 is 3.42. The Morgan fingerprint density at radius 2 is 2.11 bits per heavy atom. The van der Waals surface area contributed by atoms with Crippen molar-refractivity contribution in [1.29, 1.82) is 0 Å². The van der Waals surface area contributed by atoms with Gasteiger partial charge in [-0.15, -0.1) is 0 Å². The summed E-state index contributed by atoms with van der Waals surface area (Å²) in [7, 11) is 0. The Labute approximate surface area is 122 Å².